The molecule has 30 heavy (non-hydrogen) atoms. The second kappa shape index (κ2) is 8.23. The summed E-state index contributed by atoms with van der Waals surface area (Å²) in [7, 11) is -3.39. The molecule has 2 aromatic carbocycles. The Kier molecular flexibility index (Phi) is 5.66. The third-order valence-corrected chi connectivity index (χ3v) is 6.97. The van der Waals surface area contributed by atoms with Crippen molar-refractivity contribution >= 4 is 15.7 Å². The Morgan fingerprint density at radius 2 is 1.87 bits per heavy atom. The summed E-state index contributed by atoms with van der Waals surface area (Å²) in [5.41, 5.74) is 6.65. The molecule has 2 aliphatic rings. The number of fused-ring (bicyclic) bond motifs is 1. The number of carbonyl (C=O) groups excluding carboxylic acids is 1. The molecule has 0 spiro atoms. The lowest BCUT2D eigenvalue weighted by atomic mass is 9.97. The number of sulfone groups is 1. The Labute approximate surface area is 174 Å². The number of piperidine rings is 1. The largest absolute Gasteiger partial charge is 0.490 e. The zero-order valence-corrected chi connectivity index (χ0v) is 17.2. The normalized spacial score (nSPS) is 18.0. The average molecular weight is 434 g/mol. The number of nitrogens with zero attached hydrogens (tertiary/aromatic N) is 1. The molecule has 2 heterocycles. The molecule has 0 saturated carbocycles. The maximum Gasteiger partial charge on any atom is 0.236 e. The first-order chi connectivity index (χ1) is 14.4. The molecule has 1 fully saturated rings. The summed E-state index contributed by atoms with van der Waals surface area (Å²) < 4.78 is 49.2. The molecule has 2 aromatic rings. The Bertz CT molecular complexity index is 1070. The van der Waals surface area contributed by atoms with E-state index in [9.17, 15) is 17.6 Å². The van der Waals surface area contributed by atoms with Gasteiger partial charge in [0.15, 0.2) is 17.5 Å². The van der Waals surface area contributed by atoms with E-state index in [0.29, 0.717) is 30.8 Å². The standard InChI is InChI=1S/C21H23FN2O5S/c22-17-9-15(16-2-4-20-19(10-16)29-13-30(20,26)27)1-3-18(17)28-12-14-5-7-24(8-6-14)21(25)11-23/h1-4,9-10,14H,5-8,11-13,23H2. The van der Waals surface area contributed by atoms with Crippen molar-refractivity contribution in [1.82, 2.24) is 4.90 Å². The third kappa shape index (κ3) is 4.13. The first-order valence-electron chi connectivity index (χ1n) is 9.77. The first kappa shape index (κ1) is 20.6. The van der Waals surface area contributed by atoms with Crippen molar-refractivity contribution < 1.29 is 27.1 Å². The predicted octanol–water partition coefficient (Wildman–Crippen LogP) is 2.19. The number of ether oxygens (including phenoxy) is 2. The van der Waals surface area contributed by atoms with Crippen LogP contribution in [0.5, 0.6) is 11.5 Å². The zero-order chi connectivity index (χ0) is 21.3. The van der Waals surface area contributed by atoms with Gasteiger partial charge >= 0.3 is 0 Å². The molecular formula is C21H23FN2O5S. The predicted molar refractivity (Wildman–Crippen MR) is 108 cm³/mol. The fourth-order valence-electron chi connectivity index (χ4n) is 3.75. The zero-order valence-electron chi connectivity index (χ0n) is 16.3. The number of rotatable bonds is 5. The van der Waals surface area contributed by atoms with E-state index < -0.39 is 15.7 Å². The third-order valence-electron chi connectivity index (χ3n) is 5.53. The summed E-state index contributed by atoms with van der Waals surface area (Å²) in [6.07, 6.45) is 1.59. The van der Waals surface area contributed by atoms with Gasteiger partial charge in [0.25, 0.3) is 0 Å². The fourth-order valence-corrected chi connectivity index (χ4v) is 4.85. The van der Waals surface area contributed by atoms with Crippen molar-refractivity contribution in [3.8, 4) is 22.6 Å². The Balaban J connectivity index is 1.39. The van der Waals surface area contributed by atoms with Crippen molar-refractivity contribution in [3.63, 3.8) is 0 Å². The van der Waals surface area contributed by atoms with Crippen LogP contribution in [0.1, 0.15) is 12.8 Å². The molecule has 9 heteroatoms. The van der Waals surface area contributed by atoms with E-state index in [4.69, 9.17) is 15.2 Å². The molecule has 7 nitrogen and oxygen atoms in total. The maximum absolute atomic E-state index is 14.6. The van der Waals surface area contributed by atoms with Gasteiger partial charge in [-0.2, -0.15) is 0 Å². The van der Waals surface area contributed by atoms with Gasteiger partial charge < -0.3 is 20.1 Å². The number of hydrogen-bond acceptors (Lipinski definition) is 6. The van der Waals surface area contributed by atoms with Gasteiger partial charge in [-0.15, -0.1) is 0 Å². The summed E-state index contributed by atoms with van der Waals surface area (Å²) >= 11 is 0. The Hall–Kier alpha value is -2.65. The molecule has 1 saturated heterocycles. The second-order valence-corrected chi connectivity index (χ2v) is 9.43. The van der Waals surface area contributed by atoms with E-state index in [0.717, 1.165) is 12.8 Å². The van der Waals surface area contributed by atoms with Crippen molar-refractivity contribution in [2.45, 2.75) is 17.7 Å². The number of hydrogen-bond donors (Lipinski definition) is 1. The number of likely N-dealkylation sites (tertiary alicyclic amines) is 1. The van der Waals surface area contributed by atoms with Crippen LogP contribution in [0.15, 0.2) is 41.3 Å². The minimum atomic E-state index is -3.39. The molecule has 160 valence electrons. The quantitative estimate of drug-likeness (QED) is 0.775. The smallest absolute Gasteiger partial charge is 0.236 e. The van der Waals surface area contributed by atoms with Gasteiger partial charge in [-0.25, -0.2) is 12.8 Å². The average Bonchev–Trinajstić information content (AvgIpc) is 3.06. The minimum absolute atomic E-state index is 0.0187. The van der Waals surface area contributed by atoms with E-state index in [2.05, 4.69) is 0 Å². The summed E-state index contributed by atoms with van der Waals surface area (Å²) in [5.74, 6) is -0.205. The van der Waals surface area contributed by atoms with Crippen LogP contribution >= 0.6 is 0 Å². The number of carbonyl (C=O) groups is 1. The summed E-state index contributed by atoms with van der Waals surface area (Å²) in [6.45, 7) is 1.68. The van der Waals surface area contributed by atoms with Gasteiger partial charge in [-0.05, 0) is 54.2 Å². The van der Waals surface area contributed by atoms with Crippen LogP contribution in [0, 0.1) is 11.7 Å². The lowest BCUT2D eigenvalue weighted by molar-refractivity contribution is -0.131. The monoisotopic (exact) mass is 434 g/mol. The molecule has 2 aliphatic heterocycles. The van der Waals surface area contributed by atoms with E-state index >= 15 is 0 Å². The topological polar surface area (TPSA) is 98.9 Å². The number of halogens is 1. The van der Waals surface area contributed by atoms with Gasteiger partial charge in [0, 0.05) is 13.1 Å². The summed E-state index contributed by atoms with van der Waals surface area (Å²) in [5, 5.41) is 0. The Morgan fingerprint density at radius 1 is 1.17 bits per heavy atom. The molecule has 0 unspecified atom stereocenters. The lowest BCUT2D eigenvalue weighted by Gasteiger charge is -2.31. The SMILES string of the molecule is NCC(=O)N1CCC(COc2ccc(-c3ccc4c(c3)OCS4(=O)=O)cc2F)CC1. The first-order valence-corrected chi connectivity index (χ1v) is 11.4. The highest BCUT2D eigenvalue weighted by atomic mass is 32.2. The Morgan fingerprint density at radius 3 is 2.57 bits per heavy atom. The van der Waals surface area contributed by atoms with E-state index in [1.807, 2.05) is 0 Å². The number of nitrogens with two attached hydrogens (primary N) is 1. The van der Waals surface area contributed by atoms with Gasteiger partial charge in [0.2, 0.25) is 15.7 Å². The van der Waals surface area contributed by atoms with Gasteiger partial charge in [-0.3, -0.25) is 4.79 Å². The van der Waals surface area contributed by atoms with Crippen molar-refractivity contribution in [3.05, 3.63) is 42.2 Å². The van der Waals surface area contributed by atoms with Gasteiger partial charge in [0.1, 0.15) is 10.6 Å². The van der Waals surface area contributed by atoms with Gasteiger partial charge in [-0.1, -0.05) is 12.1 Å². The van der Waals surface area contributed by atoms with E-state index in [-0.39, 0.29) is 40.7 Å². The molecule has 0 bridgehead atoms. The van der Waals surface area contributed by atoms with E-state index in [1.165, 1.54) is 12.1 Å². The maximum atomic E-state index is 14.6. The van der Waals surface area contributed by atoms with Crippen LogP contribution in [0.3, 0.4) is 0 Å². The molecule has 0 aliphatic carbocycles. The van der Waals surface area contributed by atoms with Crippen molar-refractivity contribution in [2.75, 3.05) is 32.2 Å². The molecular weight excluding hydrogens is 411 g/mol. The number of amides is 1. The lowest BCUT2D eigenvalue weighted by Crippen LogP contribution is -2.42. The van der Waals surface area contributed by atoms with Crippen LogP contribution in [-0.4, -0.2) is 51.4 Å². The molecule has 4 rings (SSSR count). The second-order valence-electron chi connectivity index (χ2n) is 7.52. The van der Waals surface area contributed by atoms with Crippen LogP contribution in [0.2, 0.25) is 0 Å². The van der Waals surface area contributed by atoms with Crippen LogP contribution in [0.25, 0.3) is 11.1 Å². The van der Waals surface area contributed by atoms with Crippen LogP contribution < -0.4 is 15.2 Å². The molecule has 2 N–H and O–H groups in total. The molecule has 0 aromatic heterocycles. The highest BCUT2D eigenvalue weighted by Crippen LogP contribution is 2.36. The van der Waals surface area contributed by atoms with E-state index in [1.54, 1.807) is 29.2 Å². The van der Waals surface area contributed by atoms with Crippen LogP contribution in [-0.2, 0) is 14.6 Å². The van der Waals surface area contributed by atoms with Crippen LogP contribution in [0.4, 0.5) is 4.39 Å². The summed E-state index contributed by atoms with van der Waals surface area (Å²) in [4.78, 5) is 13.5. The fraction of sp³-hybridized carbons (Fsp3) is 0.381. The summed E-state index contributed by atoms with van der Waals surface area (Å²) in [6, 6.07) is 9.39. The van der Waals surface area contributed by atoms with Gasteiger partial charge in [0.05, 0.1) is 13.2 Å². The van der Waals surface area contributed by atoms with Crippen molar-refractivity contribution in [2.24, 2.45) is 11.7 Å². The molecule has 0 atom stereocenters. The minimum Gasteiger partial charge on any atom is -0.490 e. The molecule has 0 radical (unpaired) electrons. The highest BCUT2D eigenvalue weighted by Gasteiger charge is 2.28. The van der Waals surface area contributed by atoms with Crippen molar-refractivity contribution in [1.29, 1.82) is 0 Å². The highest BCUT2D eigenvalue weighted by molar-refractivity contribution is 7.91. The molecule has 1 amide bonds. The number of benzene rings is 2.